The van der Waals surface area contributed by atoms with E-state index in [-0.39, 0.29) is 23.6 Å². The third-order valence-corrected chi connectivity index (χ3v) is 5.45. The van der Waals surface area contributed by atoms with Gasteiger partial charge in [0, 0.05) is 0 Å². The van der Waals surface area contributed by atoms with Crippen molar-refractivity contribution in [2.45, 2.75) is 39.3 Å². The van der Waals surface area contributed by atoms with Crippen molar-refractivity contribution in [2.24, 2.45) is 5.92 Å². The number of H-pyrrole nitrogens is 1. The zero-order valence-corrected chi connectivity index (χ0v) is 18.5. The van der Waals surface area contributed by atoms with Gasteiger partial charge in [-0.2, -0.15) is 23.3 Å². The van der Waals surface area contributed by atoms with Gasteiger partial charge in [0.25, 0.3) is 11.6 Å². The van der Waals surface area contributed by atoms with Crippen LogP contribution in [-0.4, -0.2) is 24.9 Å². The lowest BCUT2D eigenvalue weighted by molar-refractivity contribution is -0.137. The molecule has 0 fully saturated rings. The minimum Gasteiger partial charge on any atom is -0.480 e. The Hall–Kier alpha value is -3.66. The van der Waals surface area contributed by atoms with E-state index in [0.717, 1.165) is 17.7 Å². The largest absolute Gasteiger partial charge is 0.480 e. The van der Waals surface area contributed by atoms with Gasteiger partial charge in [-0.15, -0.1) is 0 Å². The molecule has 7 nitrogen and oxygen atoms in total. The summed E-state index contributed by atoms with van der Waals surface area (Å²) in [7, 11) is 0. The molecule has 2 aromatic heterocycles. The Morgan fingerprint density at radius 1 is 1.06 bits per heavy atom. The number of hydrogen-bond acceptors (Lipinski definition) is 5. The molecular weight excluding hydrogens is 449 g/mol. The molecule has 0 amide bonds. The summed E-state index contributed by atoms with van der Waals surface area (Å²) in [6.07, 6.45) is -4.45. The van der Waals surface area contributed by atoms with Crippen LogP contribution in [0.1, 0.15) is 42.3 Å². The van der Waals surface area contributed by atoms with Gasteiger partial charge >= 0.3 is 6.18 Å². The Morgan fingerprint density at radius 3 is 2.35 bits per heavy atom. The summed E-state index contributed by atoms with van der Waals surface area (Å²) in [5.74, 6) is -0.124. The fraction of sp³-hybridized carbons (Fsp3) is 0.292. The second-order valence-corrected chi connectivity index (χ2v) is 8.27. The van der Waals surface area contributed by atoms with Crippen molar-refractivity contribution < 1.29 is 23.0 Å². The normalized spacial score (nSPS) is 13.0. The molecule has 0 saturated heterocycles. The van der Waals surface area contributed by atoms with E-state index < -0.39 is 29.4 Å². The standard InChI is InChI=1S/C24H23F3N4O3/c1-14(2)20(16-8-10-17(11-9-16)24(25,26)27)31-21-19(22(32)29-23(33)28-21)18(30-31)13-34-12-15-6-4-3-5-7-15/h3-11,14,20H,12-13H2,1-2H3,(H2,28,29,32,33). The summed E-state index contributed by atoms with van der Waals surface area (Å²) in [6, 6.07) is 13.2. The van der Waals surface area contributed by atoms with Crippen LogP contribution in [-0.2, 0) is 24.1 Å². The van der Waals surface area contributed by atoms with Crippen LogP contribution in [0.4, 0.5) is 13.2 Å². The lowest BCUT2D eigenvalue weighted by Gasteiger charge is -2.23. The zero-order valence-electron chi connectivity index (χ0n) is 18.5. The number of ether oxygens (including phenoxy) is 1. The van der Waals surface area contributed by atoms with E-state index in [9.17, 15) is 23.1 Å². The Bertz CT molecular complexity index is 1330. The summed E-state index contributed by atoms with van der Waals surface area (Å²) in [4.78, 5) is 19.0. The number of fused-ring (bicyclic) bond motifs is 1. The minimum atomic E-state index is -4.45. The summed E-state index contributed by atoms with van der Waals surface area (Å²) < 4.78 is 46.3. The maximum Gasteiger partial charge on any atom is 0.416 e. The lowest BCUT2D eigenvalue weighted by Crippen LogP contribution is -2.19. The van der Waals surface area contributed by atoms with Crippen LogP contribution >= 0.6 is 0 Å². The third kappa shape index (κ3) is 4.81. The van der Waals surface area contributed by atoms with Gasteiger partial charge in [-0.1, -0.05) is 56.3 Å². The van der Waals surface area contributed by atoms with Gasteiger partial charge in [0.05, 0.1) is 24.8 Å². The van der Waals surface area contributed by atoms with E-state index in [1.165, 1.54) is 16.8 Å². The predicted octanol–water partition coefficient (Wildman–Crippen LogP) is 4.81. The number of aromatic nitrogens is 4. The molecule has 34 heavy (non-hydrogen) atoms. The van der Waals surface area contributed by atoms with Crippen molar-refractivity contribution in [1.29, 1.82) is 0 Å². The Labute approximate surface area is 192 Å². The van der Waals surface area contributed by atoms with Crippen molar-refractivity contribution in [1.82, 2.24) is 19.7 Å². The summed E-state index contributed by atoms with van der Waals surface area (Å²) in [6.45, 7) is 4.07. The van der Waals surface area contributed by atoms with Crippen LogP contribution in [0.3, 0.4) is 0 Å². The molecular formula is C24H23F3N4O3. The highest BCUT2D eigenvalue weighted by atomic mass is 19.4. The Kier molecular flexibility index (Phi) is 6.43. The molecule has 0 radical (unpaired) electrons. The molecule has 0 aliphatic heterocycles. The number of hydrogen-bond donors (Lipinski definition) is 2. The molecule has 2 heterocycles. The van der Waals surface area contributed by atoms with E-state index in [0.29, 0.717) is 17.9 Å². The van der Waals surface area contributed by atoms with Crippen LogP contribution in [0.5, 0.6) is 6.01 Å². The smallest absolute Gasteiger partial charge is 0.416 e. The Balaban J connectivity index is 1.74. The fourth-order valence-electron chi connectivity index (χ4n) is 3.92. The molecule has 0 bridgehead atoms. The Morgan fingerprint density at radius 2 is 1.74 bits per heavy atom. The van der Waals surface area contributed by atoms with Crippen molar-refractivity contribution in [3.8, 4) is 6.01 Å². The van der Waals surface area contributed by atoms with Crippen molar-refractivity contribution in [3.63, 3.8) is 0 Å². The van der Waals surface area contributed by atoms with Gasteiger partial charge in [0.15, 0.2) is 5.65 Å². The number of nitrogens with one attached hydrogen (secondary N) is 1. The van der Waals surface area contributed by atoms with Gasteiger partial charge in [0.1, 0.15) is 11.1 Å². The van der Waals surface area contributed by atoms with Gasteiger partial charge in [-0.25, -0.2) is 4.68 Å². The van der Waals surface area contributed by atoms with E-state index in [1.807, 2.05) is 44.2 Å². The SMILES string of the molecule is CC(C)C(c1ccc(C(F)(F)F)cc1)n1nc(COCc2ccccc2)c2c(=O)[nH]c(O)nc21. The number of rotatable bonds is 7. The summed E-state index contributed by atoms with van der Waals surface area (Å²) in [5, 5.41) is 14.6. The second kappa shape index (κ2) is 9.30. The zero-order chi connectivity index (χ0) is 24.5. The summed E-state index contributed by atoms with van der Waals surface area (Å²) in [5.41, 5.74) is 0.607. The number of nitrogens with zero attached hydrogens (tertiary/aromatic N) is 3. The molecule has 0 spiro atoms. The van der Waals surface area contributed by atoms with Gasteiger partial charge in [0.2, 0.25) is 0 Å². The van der Waals surface area contributed by atoms with E-state index in [1.54, 1.807) is 0 Å². The van der Waals surface area contributed by atoms with Gasteiger partial charge in [-0.3, -0.25) is 9.78 Å². The maximum absolute atomic E-state index is 13.0. The monoisotopic (exact) mass is 472 g/mol. The fourth-order valence-corrected chi connectivity index (χ4v) is 3.92. The first-order valence-corrected chi connectivity index (χ1v) is 10.6. The van der Waals surface area contributed by atoms with Crippen LogP contribution in [0, 0.1) is 5.92 Å². The molecule has 10 heteroatoms. The average Bonchev–Trinajstić information content (AvgIpc) is 3.12. The molecule has 178 valence electrons. The highest BCUT2D eigenvalue weighted by molar-refractivity contribution is 5.77. The highest BCUT2D eigenvalue weighted by Gasteiger charge is 2.31. The molecule has 0 aliphatic carbocycles. The highest BCUT2D eigenvalue weighted by Crippen LogP contribution is 2.33. The number of alkyl halides is 3. The molecule has 0 aliphatic rings. The minimum absolute atomic E-state index is 0.00571. The molecule has 4 rings (SSSR count). The van der Waals surface area contributed by atoms with Gasteiger partial charge < -0.3 is 9.84 Å². The number of aromatic hydroxyl groups is 1. The molecule has 0 saturated carbocycles. The second-order valence-electron chi connectivity index (χ2n) is 8.27. The number of halogens is 3. The van der Waals surface area contributed by atoms with Crippen molar-refractivity contribution in [2.75, 3.05) is 0 Å². The molecule has 4 aromatic rings. The van der Waals surface area contributed by atoms with Crippen LogP contribution < -0.4 is 5.56 Å². The third-order valence-electron chi connectivity index (χ3n) is 5.45. The molecule has 2 N–H and O–H groups in total. The van der Waals surface area contributed by atoms with E-state index in [2.05, 4.69) is 15.1 Å². The van der Waals surface area contributed by atoms with Crippen molar-refractivity contribution >= 4 is 11.0 Å². The first kappa shape index (κ1) is 23.5. The molecule has 1 unspecified atom stereocenters. The van der Waals surface area contributed by atoms with Gasteiger partial charge in [-0.05, 0) is 29.2 Å². The average molecular weight is 472 g/mol. The van der Waals surface area contributed by atoms with Crippen molar-refractivity contribution in [3.05, 3.63) is 87.3 Å². The first-order valence-electron chi connectivity index (χ1n) is 10.6. The van der Waals surface area contributed by atoms with Crippen LogP contribution in [0.15, 0.2) is 59.4 Å². The van der Waals surface area contributed by atoms with E-state index >= 15 is 0 Å². The predicted molar refractivity (Wildman–Crippen MR) is 119 cm³/mol. The lowest BCUT2D eigenvalue weighted by atomic mass is 9.95. The van der Waals surface area contributed by atoms with E-state index in [4.69, 9.17) is 4.74 Å². The van der Waals surface area contributed by atoms with Crippen LogP contribution in [0.2, 0.25) is 0 Å². The first-order chi connectivity index (χ1) is 16.1. The number of benzene rings is 2. The maximum atomic E-state index is 13.0. The molecule has 1 atom stereocenters. The number of aromatic amines is 1. The molecule has 2 aromatic carbocycles. The quantitative estimate of drug-likeness (QED) is 0.403. The summed E-state index contributed by atoms with van der Waals surface area (Å²) >= 11 is 0. The van der Waals surface area contributed by atoms with Crippen LogP contribution in [0.25, 0.3) is 11.0 Å². The topological polar surface area (TPSA) is 93.0 Å².